The van der Waals surface area contributed by atoms with Crippen LogP contribution < -0.4 is 0 Å². The first-order chi connectivity index (χ1) is 20.9. The Bertz CT molecular complexity index is 1220. The van der Waals surface area contributed by atoms with Crippen LogP contribution in [0.25, 0.3) is 0 Å². The van der Waals surface area contributed by atoms with E-state index in [2.05, 4.69) is 21.5 Å². The number of esters is 2. The topological polar surface area (TPSA) is 182 Å². The van der Waals surface area contributed by atoms with Gasteiger partial charge in [0, 0.05) is 38.3 Å². The number of carbonyl (C=O) groups excluding carboxylic acids is 3. The summed E-state index contributed by atoms with van der Waals surface area (Å²) in [5.74, 6) is -1.04. The lowest BCUT2D eigenvalue weighted by Crippen LogP contribution is -2.26. The number of carbonyl (C=O) groups is 3. The van der Waals surface area contributed by atoms with E-state index in [1.165, 1.54) is 13.8 Å². The monoisotopic (exact) mass is 657 g/mol. The summed E-state index contributed by atoms with van der Waals surface area (Å²) < 4.78 is 38.3. The normalized spacial score (nSPS) is 21.2. The molecule has 1 saturated carbocycles. The average Bonchev–Trinajstić information content (AvgIpc) is 3.52. The van der Waals surface area contributed by atoms with Crippen LogP contribution in [0.1, 0.15) is 103 Å². The van der Waals surface area contributed by atoms with Gasteiger partial charge in [0.05, 0.1) is 25.2 Å². The number of Topliss-reactive ketones (excluding diaryl/α,β-unsaturated/α-hetero) is 1. The van der Waals surface area contributed by atoms with Crippen LogP contribution in [0.15, 0.2) is 20.9 Å². The number of unbranched alkanes of at least 4 members (excludes halogenated alkanes) is 3. The zero-order valence-electron chi connectivity index (χ0n) is 25.9. The van der Waals surface area contributed by atoms with Crippen molar-refractivity contribution in [3.05, 3.63) is 17.2 Å². The maximum absolute atomic E-state index is 12.2. The summed E-state index contributed by atoms with van der Waals surface area (Å²) in [6, 6.07) is 0. The molecule has 248 valence electrons. The Kier molecular flexibility index (Phi) is 16.9. The van der Waals surface area contributed by atoms with Crippen molar-refractivity contribution in [3.63, 3.8) is 0 Å². The minimum absolute atomic E-state index is 0.00932. The fourth-order valence-corrected chi connectivity index (χ4v) is 7.26. The van der Waals surface area contributed by atoms with Crippen LogP contribution in [-0.2, 0) is 40.3 Å². The van der Waals surface area contributed by atoms with Crippen LogP contribution in [0.2, 0.25) is 0 Å². The van der Waals surface area contributed by atoms with E-state index in [9.17, 15) is 33.0 Å². The van der Waals surface area contributed by atoms with Crippen molar-refractivity contribution < 1.29 is 42.5 Å². The van der Waals surface area contributed by atoms with E-state index in [1.807, 2.05) is 12.2 Å². The van der Waals surface area contributed by atoms with Crippen LogP contribution >= 0.6 is 11.3 Å². The molecule has 5 atom stereocenters. The van der Waals surface area contributed by atoms with Crippen LogP contribution in [-0.4, -0.2) is 77.7 Å². The number of rotatable bonds is 21. The highest BCUT2D eigenvalue weighted by Gasteiger charge is 2.43. The second-order valence-electron chi connectivity index (χ2n) is 11.2. The van der Waals surface area contributed by atoms with Crippen molar-refractivity contribution in [3.8, 4) is 0 Å². The number of ether oxygens (including phenoxy) is 2. The summed E-state index contributed by atoms with van der Waals surface area (Å²) in [6.07, 6.45) is 11.4. The van der Waals surface area contributed by atoms with Gasteiger partial charge in [-0.1, -0.05) is 49.7 Å². The van der Waals surface area contributed by atoms with E-state index in [0.29, 0.717) is 43.5 Å². The summed E-state index contributed by atoms with van der Waals surface area (Å²) in [6.45, 7) is 4.84. The first-order valence-electron chi connectivity index (χ1n) is 15.4. The molecule has 1 heterocycles. The standard InChI is InChI=1S/C30H47N3O9S2/c1-4-5-8-12-23(36)15-16-24-25(27(20-26(24)37)42-22(3)35)13-9-6-7-10-14-29(38)41-18-11-17-31-44(39,40)30-33-32-28(43-30)19-21(2)34/h6,9,17,23-27,36-37H,4-5,7-8,10-16,18-20H2,1-3H3/b9-6-,31-17?/t23-,24+,25+,26+,27-/m0/s1. The number of allylic oxidation sites excluding steroid dienone is 2. The maximum atomic E-state index is 12.2. The van der Waals surface area contributed by atoms with Gasteiger partial charge in [-0.3, -0.25) is 14.4 Å². The Morgan fingerprint density at radius 2 is 1.86 bits per heavy atom. The van der Waals surface area contributed by atoms with Gasteiger partial charge < -0.3 is 19.7 Å². The van der Waals surface area contributed by atoms with Gasteiger partial charge in [0.15, 0.2) is 0 Å². The first-order valence-corrected chi connectivity index (χ1v) is 17.6. The third-order valence-corrected chi connectivity index (χ3v) is 9.96. The molecule has 1 fully saturated rings. The molecule has 2 N–H and O–H groups in total. The highest BCUT2D eigenvalue weighted by molar-refractivity contribution is 7.92. The second-order valence-corrected chi connectivity index (χ2v) is 14.1. The molecule has 0 aromatic carbocycles. The zero-order valence-corrected chi connectivity index (χ0v) is 27.6. The lowest BCUT2D eigenvalue weighted by molar-refractivity contribution is -0.148. The third-order valence-electron chi connectivity index (χ3n) is 7.41. The quantitative estimate of drug-likeness (QED) is 0.0839. The summed E-state index contributed by atoms with van der Waals surface area (Å²) >= 11 is 0.791. The SMILES string of the molecule is CCCCC[C@H](O)CC[C@@H]1[C@@H](C/C=C\CCCC(=O)OCCC=NS(=O)(=O)c2nnc(CC(C)=O)s2)[C@@H](OC(C)=O)C[C@H]1O. The number of sulfonamides is 1. The first kappa shape index (κ1) is 37.6. The molecule has 0 aliphatic heterocycles. The van der Waals surface area contributed by atoms with Gasteiger partial charge in [0.1, 0.15) is 16.9 Å². The van der Waals surface area contributed by atoms with E-state index in [1.54, 1.807) is 0 Å². The van der Waals surface area contributed by atoms with Gasteiger partial charge in [-0.05, 0) is 51.4 Å². The molecule has 1 aromatic heterocycles. The molecule has 0 spiro atoms. The predicted molar refractivity (Wildman–Crippen MR) is 166 cm³/mol. The van der Waals surface area contributed by atoms with Crippen molar-refractivity contribution in [1.82, 2.24) is 10.2 Å². The highest BCUT2D eigenvalue weighted by atomic mass is 32.2. The predicted octanol–water partition coefficient (Wildman–Crippen LogP) is 4.13. The van der Waals surface area contributed by atoms with Gasteiger partial charge >= 0.3 is 22.0 Å². The maximum Gasteiger partial charge on any atom is 0.311 e. The van der Waals surface area contributed by atoms with Crippen LogP contribution in [0, 0.1) is 11.8 Å². The third kappa shape index (κ3) is 14.0. The van der Waals surface area contributed by atoms with Crippen LogP contribution in [0.3, 0.4) is 0 Å². The lowest BCUT2D eigenvalue weighted by atomic mass is 9.85. The van der Waals surface area contributed by atoms with Crippen molar-refractivity contribution in [1.29, 1.82) is 0 Å². The summed E-state index contributed by atoms with van der Waals surface area (Å²) in [7, 11) is -4.03. The molecular weight excluding hydrogens is 610 g/mol. The summed E-state index contributed by atoms with van der Waals surface area (Å²) in [5.41, 5.74) is 0. The Morgan fingerprint density at radius 3 is 2.57 bits per heavy atom. The summed E-state index contributed by atoms with van der Waals surface area (Å²) in [5, 5.41) is 28.6. The highest BCUT2D eigenvalue weighted by Crippen LogP contribution is 2.40. The molecule has 2 rings (SSSR count). The Morgan fingerprint density at radius 1 is 1.09 bits per heavy atom. The lowest BCUT2D eigenvalue weighted by Gasteiger charge is -2.25. The number of ketones is 1. The van der Waals surface area contributed by atoms with E-state index >= 15 is 0 Å². The van der Waals surface area contributed by atoms with Gasteiger partial charge in [0.2, 0.25) is 0 Å². The van der Waals surface area contributed by atoms with Crippen molar-refractivity contribution in [2.24, 2.45) is 16.2 Å². The molecule has 0 saturated heterocycles. The van der Waals surface area contributed by atoms with E-state index in [-0.39, 0.29) is 59.9 Å². The fraction of sp³-hybridized carbons (Fsp3) is 0.733. The molecule has 0 bridgehead atoms. The second kappa shape index (κ2) is 19.8. The van der Waals surface area contributed by atoms with Gasteiger partial charge in [0.25, 0.3) is 4.34 Å². The Labute approximate surface area is 264 Å². The van der Waals surface area contributed by atoms with Gasteiger partial charge in [-0.2, -0.15) is 12.8 Å². The van der Waals surface area contributed by atoms with E-state index in [0.717, 1.165) is 43.2 Å². The fourth-order valence-electron chi connectivity index (χ4n) is 5.25. The Balaban J connectivity index is 1.71. The molecule has 0 amide bonds. The molecule has 44 heavy (non-hydrogen) atoms. The minimum Gasteiger partial charge on any atom is -0.465 e. The molecule has 1 aliphatic carbocycles. The molecule has 12 nitrogen and oxygen atoms in total. The smallest absolute Gasteiger partial charge is 0.311 e. The van der Waals surface area contributed by atoms with Crippen molar-refractivity contribution in [2.45, 2.75) is 127 Å². The average molecular weight is 658 g/mol. The molecule has 1 aromatic rings. The number of aliphatic hydroxyl groups is 2. The van der Waals surface area contributed by atoms with Crippen LogP contribution in [0.5, 0.6) is 0 Å². The molecule has 14 heteroatoms. The Hall–Kier alpha value is -2.55. The number of hydrogen-bond acceptors (Lipinski definition) is 12. The largest absolute Gasteiger partial charge is 0.465 e. The number of nitrogens with zero attached hydrogens (tertiary/aromatic N) is 3. The minimum atomic E-state index is -4.03. The van der Waals surface area contributed by atoms with E-state index in [4.69, 9.17) is 9.47 Å². The zero-order chi connectivity index (χ0) is 32.5. The van der Waals surface area contributed by atoms with Crippen molar-refractivity contribution in [2.75, 3.05) is 6.61 Å². The molecular formula is C30H47N3O9S2. The summed E-state index contributed by atoms with van der Waals surface area (Å²) in [4.78, 5) is 34.8. The number of hydrogen-bond donors (Lipinski definition) is 2. The number of aliphatic hydroxyl groups excluding tert-OH is 2. The van der Waals surface area contributed by atoms with Crippen molar-refractivity contribution >= 4 is 45.3 Å². The van der Waals surface area contributed by atoms with E-state index < -0.39 is 28.2 Å². The molecule has 0 unspecified atom stereocenters. The van der Waals surface area contributed by atoms with Crippen LogP contribution in [0.4, 0.5) is 0 Å². The number of aromatic nitrogens is 2. The molecule has 0 radical (unpaired) electrons. The van der Waals surface area contributed by atoms with Gasteiger partial charge in [-0.15, -0.1) is 10.2 Å². The van der Waals surface area contributed by atoms with Gasteiger partial charge in [-0.25, -0.2) is 0 Å². The molecule has 1 aliphatic rings.